The summed E-state index contributed by atoms with van der Waals surface area (Å²) in [6.45, 7) is 8.97. The minimum absolute atomic E-state index is 0.0278. The number of amides is 2. The summed E-state index contributed by atoms with van der Waals surface area (Å²) >= 11 is 0. The molecule has 3 fully saturated rings. The zero-order chi connectivity index (χ0) is 22.2. The molecule has 1 aromatic rings. The van der Waals surface area contributed by atoms with Crippen LogP contribution in [0.15, 0.2) is 24.3 Å². The van der Waals surface area contributed by atoms with E-state index < -0.39 is 0 Å². The SMILES string of the molecule is Cc1ccc(NC(=O)N(CC(=O)O[C@H]2C[C@H]3CC[C@@]2(C)C3(C)C)C2CCCCC2)cc1. The molecule has 2 bridgehead atoms. The van der Waals surface area contributed by atoms with E-state index in [1.54, 1.807) is 4.90 Å². The lowest BCUT2D eigenvalue weighted by molar-refractivity contribution is -0.158. The van der Waals surface area contributed by atoms with Gasteiger partial charge < -0.3 is 15.0 Å². The number of nitrogens with zero attached hydrogens (tertiary/aromatic N) is 1. The molecular weight excluding hydrogens is 388 g/mol. The van der Waals surface area contributed by atoms with Gasteiger partial charge in [0.25, 0.3) is 0 Å². The molecule has 0 aromatic heterocycles. The fourth-order valence-electron chi connectivity index (χ4n) is 6.24. The Bertz CT molecular complexity index is 812. The number of esters is 1. The number of benzene rings is 1. The molecule has 5 heteroatoms. The van der Waals surface area contributed by atoms with E-state index in [1.165, 1.54) is 12.8 Å². The van der Waals surface area contributed by atoms with Crippen molar-refractivity contribution in [1.82, 2.24) is 4.90 Å². The van der Waals surface area contributed by atoms with Gasteiger partial charge >= 0.3 is 12.0 Å². The first kappa shape index (κ1) is 22.2. The van der Waals surface area contributed by atoms with E-state index in [2.05, 4.69) is 26.1 Å². The van der Waals surface area contributed by atoms with Crippen LogP contribution in [-0.2, 0) is 9.53 Å². The number of anilines is 1. The number of carbonyl (C=O) groups excluding carboxylic acids is 2. The van der Waals surface area contributed by atoms with Crippen LogP contribution in [-0.4, -0.2) is 35.6 Å². The highest BCUT2D eigenvalue weighted by Crippen LogP contribution is 2.66. The van der Waals surface area contributed by atoms with Gasteiger partial charge in [-0.15, -0.1) is 0 Å². The molecule has 0 unspecified atom stereocenters. The van der Waals surface area contributed by atoms with E-state index >= 15 is 0 Å². The van der Waals surface area contributed by atoms with Gasteiger partial charge in [0, 0.05) is 17.1 Å². The fraction of sp³-hybridized carbons (Fsp3) is 0.692. The molecule has 0 heterocycles. The number of hydrogen-bond donors (Lipinski definition) is 1. The summed E-state index contributed by atoms with van der Waals surface area (Å²) in [5.74, 6) is 0.355. The van der Waals surface area contributed by atoms with Crippen molar-refractivity contribution < 1.29 is 14.3 Å². The monoisotopic (exact) mass is 426 g/mol. The zero-order valence-electron chi connectivity index (χ0n) is 19.6. The predicted molar refractivity (Wildman–Crippen MR) is 123 cm³/mol. The Morgan fingerprint density at radius 3 is 2.32 bits per heavy atom. The Balaban J connectivity index is 1.44. The van der Waals surface area contributed by atoms with Crippen LogP contribution in [0.2, 0.25) is 0 Å². The topological polar surface area (TPSA) is 58.6 Å². The van der Waals surface area contributed by atoms with E-state index in [4.69, 9.17) is 4.74 Å². The fourth-order valence-corrected chi connectivity index (χ4v) is 6.24. The van der Waals surface area contributed by atoms with Crippen molar-refractivity contribution in [2.45, 2.75) is 91.2 Å². The van der Waals surface area contributed by atoms with Gasteiger partial charge in [-0.2, -0.15) is 0 Å². The second-order valence-electron chi connectivity index (χ2n) is 10.8. The first-order valence-electron chi connectivity index (χ1n) is 12.0. The quantitative estimate of drug-likeness (QED) is 0.595. The average Bonchev–Trinajstić information content (AvgIpc) is 3.08. The molecule has 3 atom stereocenters. The number of urea groups is 1. The zero-order valence-corrected chi connectivity index (χ0v) is 19.6. The number of hydrogen-bond acceptors (Lipinski definition) is 3. The smallest absolute Gasteiger partial charge is 0.326 e. The van der Waals surface area contributed by atoms with Crippen molar-refractivity contribution in [3.63, 3.8) is 0 Å². The highest BCUT2D eigenvalue weighted by Gasteiger charge is 2.62. The van der Waals surface area contributed by atoms with E-state index in [1.807, 2.05) is 31.2 Å². The molecule has 0 radical (unpaired) electrons. The molecule has 3 saturated carbocycles. The molecule has 1 N–H and O–H groups in total. The Kier molecular flexibility index (Phi) is 6.06. The molecule has 4 rings (SSSR count). The molecule has 0 spiro atoms. The lowest BCUT2D eigenvalue weighted by Crippen LogP contribution is -2.48. The van der Waals surface area contributed by atoms with E-state index in [-0.39, 0.29) is 41.5 Å². The van der Waals surface area contributed by atoms with Crippen LogP contribution in [0.3, 0.4) is 0 Å². The third-order valence-corrected chi connectivity index (χ3v) is 8.87. The van der Waals surface area contributed by atoms with Crippen molar-refractivity contribution >= 4 is 17.7 Å². The second kappa shape index (κ2) is 8.48. The molecule has 3 aliphatic carbocycles. The first-order valence-corrected chi connectivity index (χ1v) is 12.0. The van der Waals surface area contributed by atoms with Gasteiger partial charge in [0.2, 0.25) is 0 Å². The highest BCUT2D eigenvalue weighted by molar-refractivity contribution is 5.91. The summed E-state index contributed by atoms with van der Waals surface area (Å²) < 4.78 is 6.06. The highest BCUT2D eigenvalue weighted by atomic mass is 16.5. The number of ether oxygens (including phenoxy) is 1. The van der Waals surface area contributed by atoms with Crippen molar-refractivity contribution in [2.75, 3.05) is 11.9 Å². The van der Waals surface area contributed by atoms with Crippen LogP contribution in [0.5, 0.6) is 0 Å². The van der Waals surface area contributed by atoms with Crippen molar-refractivity contribution in [3.8, 4) is 0 Å². The Morgan fingerprint density at radius 1 is 1.06 bits per heavy atom. The van der Waals surface area contributed by atoms with Gasteiger partial charge in [-0.25, -0.2) is 4.79 Å². The Morgan fingerprint density at radius 2 is 1.74 bits per heavy atom. The predicted octanol–water partition coefficient (Wildman–Crippen LogP) is 5.92. The standard InChI is InChI=1S/C26H38N2O3/c1-18-10-12-20(13-11-18)27-24(30)28(21-8-6-5-7-9-21)17-23(29)31-22-16-19-14-15-26(22,4)25(19,2)3/h10-13,19,21-22H,5-9,14-17H2,1-4H3,(H,27,30)/t19-,22+,26-/m1/s1. The minimum Gasteiger partial charge on any atom is -0.460 e. The third kappa shape index (κ3) is 4.20. The summed E-state index contributed by atoms with van der Waals surface area (Å²) in [6, 6.07) is 7.66. The van der Waals surface area contributed by atoms with Crippen LogP contribution < -0.4 is 5.32 Å². The van der Waals surface area contributed by atoms with Gasteiger partial charge in [-0.05, 0) is 62.5 Å². The molecule has 0 saturated heterocycles. The number of rotatable bonds is 5. The third-order valence-electron chi connectivity index (χ3n) is 8.87. The van der Waals surface area contributed by atoms with E-state index in [0.29, 0.717) is 5.92 Å². The van der Waals surface area contributed by atoms with Crippen LogP contribution >= 0.6 is 0 Å². The molecule has 31 heavy (non-hydrogen) atoms. The molecule has 1 aromatic carbocycles. The molecule has 0 aliphatic heterocycles. The molecule has 5 nitrogen and oxygen atoms in total. The molecular formula is C26H38N2O3. The minimum atomic E-state index is -0.265. The summed E-state index contributed by atoms with van der Waals surface area (Å²) in [5, 5.41) is 2.99. The lowest BCUT2D eigenvalue weighted by atomic mass is 9.70. The summed E-state index contributed by atoms with van der Waals surface area (Å²) in [4.78, 5) is 27.9. The summed E-state index contributed by atoms with van der Waals surface area (Å²) in [5.41, 5.74) is 2.14. The largest absolute Gasteiger partial charge is 0.460 e. The van der Waals surface area contributed by atoms with Gasteiger partial charge in [0.1, 0.15) is 12.6 Å². The lowest BCUT2D eigenvalue weighted by Gasteiger charge is -2.39. The van der Waals surface area contributed by atoms with Gasteiger partial charge in [0.05, 0.1) is 0 Å². The molecule has 2 amide bonds. The first-order chi connectivity index (χ1) is 14.7. The normalized spacial score (nSPS) is 29.5. The van der Waals surface area contributed by atoms with E-state index in [9.17, 15) is 9.59 Å². The Labute approximate surface area is 186 Å². The number of fused-ring (bicyclic) bond motifs is 2. The van der Waals surface area contributed by atoms with Crippen LogP contribution in [0.4, 0.5) is 10.5 Å². The van der Waals surface area contributed by atoms with Crippen LogP contribution in [0.25, 0.3) is 0 Å². The van der Waals surface area contributed by atoms with Gasteiger partial charge in [0.15, 0.2) is 0 Å². The van der Waals surface area contributed by atoms with Gasteiger partial charge in [-0.1, -0.05) is 57.7 Å². The second-order valence-corrected chi connectivity index (χ2v) is 10.8. The van der Waals surface area contributed by atoms with Gasteiger partial charge in [-0.3, -0.25) is 4.79 Å². The number of aryl methyl sites for hydroxylation is 1. The van der Waals surface area contributed by atoms with Crippen molar-refractivity contribution in [1.29, 1.82) is 0 Å². The maximum atomic E-state index is 13.2. The number of nitrogens with one attached hydrogen (secondary N) is 1. The van der Waals surface area contributed by atoms with Crippen LogP contribution in [0.1, 0.15) is 77.7 Å². The van der Waals surface area contributed by atoms with Crippen LogP contribution in [0, 0.1) is 23.7 Å². The van der Waals surface area contributed by atoms with Crippen molar-refractivity contribution in [2.24, 2.45) is 16.7 Å². The molecule has 3 aliphatic rings. The molecule has 170 valence electrons. The average molecular weight is 427 g/mol. The van der Waals surface area contributed by atoms with Crippen molar-refractivity contribution in [3.05, 3.63) is 29.8 Å². The summed E-state index contributed by atoms with van der Waals surface area (Å²) in [7, 11) is 0. The maximum Gasteiger partial charge on any atom is 0.326 e. The van der Waals surface area contributed by atoms with E-state index in [0.717, 1.165) is 49.8 Å². The maximum absolute atomic E-state index is 13.2. The Hall–Kier alpha value is -2.04. The summed E-state index contributed by atoms with van der Waals surface area (Å²) in [6.07, 6.45) is 8.56. The number of carbonyl (C=O) groups is 2.